The van der Waals surface area contributed by atoms with Gasteiger partial charge in [-0.25, -0.2) is 0 Å². The quantitative estimate of drug-likeness (QED) is 0.133. The number of carbonyl (C=O) groups is 2. The van der Waals surface area contributed by atoms with Gasteiger partial charge >= 0.3 is 18.0 Å². The lowest BCUT2D eigenvalue weighted by Gasteiger charge is -2.14. The molecule has 6 aromatic rings. The van der Waals surface area contributed by atoms with Gasteiger partial charge in [-0.3, -0.25) is 14.9 Å². The zero-order valence-corrected chi connectivity index (χ0v) is 31.6. The molecule has 0 bridgehead atoms. The van der Waals surface area contributed by atoms with E-state index in [1.165, 1.54) is 0 Å². The summed E-state index contributed by atoms with van der Waals surface area (Å²) in [7, 11) is 0. The third kappa shape index (κ3) is 8.16. The van der Waals surface area contributed by atoms with Crippen LogP contribution in [0.4, 0.5) is 12.0 Å². The highest BCUT2D eigenvalue weighted by Gasteiger charge is 2.53. The molecule has 4 aliphatic rings. The van der Waals surface area contributed by atoms with Gasteiger partial charge in [-0.05, 0) is 84.3 Å². The number of halogens is 2. The Morgan fingerprint density at radius 1 is 0.649 bits per heavy atom. The van der Waals surface area contributed by atoms with E-state index in [0.717, 1.165) is 35.1 Å². The van der Waals surface area contributed by atoms with Gasteiger partial charge in [0.05, 0.1) is 23.7 Å². The number of amides is 1. The standard InChI is InChI=1S/C20H16ClN3O4.C11H10O4.C9H8ClN3O/c21-14-4-2-1-3-12(14)9-17-23-24-19(28-17)22-18(25)20(7-8-20)13-5-6-15-16(10-13)27-11-26-15;12-10(13)11(3-4-11)7-1-2-8-9(5-7)15-6-14-8;10-7-4-2-1-3-6(7)5-8-12-13-9(11)14-8/h1-6,10H,7-9,11H2,(H,22,24,25);1-2,5H,3-4,6H2,(H,12,13);1-4H,5H2,(H2,11,13). The number of nitrogen functional groups attached to an aromatic ring is 1. The molecule has 4 heterocycles. The first-order valence-corrected chi connectivity index (χ1v) is 18.6. The summed E-state index contributed by atoms with van der Waals surface area (Å²) in [6.45, 7) is 0.424. The van der Waals surface area contributed by atoms with Crippen LogP contribution in [0.3, 0.4) is 0 Å². The summed E-state index contributed by atoms with van der Waals surface area (Å²) in [4.78, 5) is 24.0. The largest absolute Gasteiger partial charge is 0.481 e. The number of fused-ring (bicyclic) bond motifs is 2. The molecule has 4 aromatic carbocycles. The van der Waals surface area contributed by atoms with Crippen molar-refractivity contribution in [3.63, 3.8) is 0 Å². The second-order valence-electron chi connectivity index (χ2n) is 13.6. The van der Waals surface area contributed by atoms with Crippen LogP contribution >= 0.6 is 23.2 Å². The zero-order valence-electron chi connectivity index (χ0n) is 30.1. The summed E-state index contributed by atoms with van der Waals surface area (Å²) in [6.07, 6.45) is 3.82. The van der Waals surface area contributed by atoms with Crippen molar-refractivity contribution in [1.29, 1.82) is 0 Å². The Morgan fingerprint density at radius 3 is 1.63 bits per heavy atom. The number of aromatic nitrogens is 4. The number of nitrogens with zero attached hydrogens (tertiary/aromatic N) is 4. The smallest absolute Gasteiger partial charge is 0.322 e. The Labute approximate surface area is 335 Å². The van der Waals surface area contributed by atoms with Gasteiger partial charge in [0.2, 0.25) is 31.3 Å². The minimum absolute atomic E-state index is 0.0760. The fourth-order valence-corrected chi connectivity index (χ4v) is 6.86. The SMILES string of the molecule is Nc1nnc(Cc2ccccc2Cl)o1.O=C(Nc1nnc(Cc2ccccc2Cl)o1)C1(c2ccc3c(c2)OCO3)CC1.O=C(O)C1(c2ccc3c(c2)OCO3)CC1. The van der Waals surface area contributed by atoms with Crippen LogP contribution in [0.25, 0.3) is 0 Å². The first-order chi connectivity index (χ1) is 27.6. The zero-order chi connectivity index (χ0) is 39.6. The maximum absolute atomic E-state index is 12.9. The Kier molecular flexibility index (Phi) is 10.3. The predicted molar refractivity (Wildman–Crippen MR) is 205 cm³/mol. The number of carbonyl (C=O) groups excluding carboxylic acids is 1. The van der Waals surface area contributed by atoms with Crippen molar-refractivity contribution in [2.24, 2.45) is 0 Å². The van der Waals surface area contributed by atoms with Crippen LogP contribution in [0, 0.1) is 0 Å². The molecule has 4 N–H and O–H groups in total. The maximum atomic E-state index is 12.9. The van der Waals surface area contributed by atoms with Crippen molar-refractivity contribution >= 4 is 47.1 Å². The fourth-order valence-electron chi connectivity index (χ4n) is 6.45. The molecule has 2 aliphatic carbocycles. The number of nitrogens with two attached hydrogens (primary N) is 1. The molecule has 292 valence electrons. The fraction of sp³-hybridized carbons (Fsp3) is 0.250. The van der Waals surface area contributed by atoms with E-state index in [1.54, 1.807) is 18.2 Å². The first kappa shape index (κ1) is 37.6. The minimum Gasteiger partial charge on any atom is -0.481 e. The van der Waals surface area contributed by atoms with Crippen molar-refractivity contribution in [2.45, 2.75) is 49.4 Å². The van der Waals surface area contributed by atoms with Crippen molar-refractivity contribution in [3.05, 3.63) is 129 Å². The molecule has 0 saturated heterocycles. The van der Waals surface area contributed by atoms with Crippen LogP contribution < -0.4 is 30.0 Å². The van der Waals surface area contributed by atoms with E-state index in [9.17, 15) is 9.59 Å². The van der Waals surface area contributed by atoms with E-state index < -0.39 is 16.8 Å². The lowest BCUT2D eigenvalue weighted by molar-refractivity contribution is -0.140. The van der Waals surface area contributed by atoms with Crippen LogP contribution in [-0.4, -0.2) is 51.0 Å². The van der Waals surface area contributed by atoms with Gasteiger partial charge in [0.15, 0.2) is 23.0 Å². The van der Waals surface area contributed by atoms with Crippen LogP contribution in [0.2, 0.25) is 10.0 Å². The van der Waals surface area contributed by atoms with Crippen molar-refractivity contribution in [1.82, 2.24) is 20.4 Å². The number of anilines is 2. The highest BCUT2D eigenvalue weighted by atomic mass is 35.5. The number of aliphatic carboxylic acids is 1. The molecule has 15 nitrogen and oxygen atoms in total. The average molecular weight is 814 g/mol. The topological polar surface area (TPSA) is 207 Å². The molecule has 10 rings (SSSR count). The molecule has 2 aromatic heterocycles. The summed E-state index contributed by atoms with van der Waals surface area (Å²) in [5.74, 6) is 2.64. The van der Waals surface area contributed by atoms with Gasteiger partial charge in [-0.15, -0.1) is 10.2 Å². The molecule has 0 atom stereocenters. The van der Waals surface area contributed by atoms with E-state index in [1.807, 2.05) is 66.7 Å². The van der Waals surface area contributed by atoms with Gasteiger partial charge in [-0.1, -0.05) is 81.9 Å². The molecular formula is C40H34Cl2N6O9. The average Bonchev–Trinajstić information content (AvgIpc) is 3.93. The van der Waals surface area contributed by atoms with Gasteiger partial charge in [0.25, 0.3) is 0 Å². The molecule has 0 unspecified atom stereocenters. The number of carboxylic acid groups (broad SMARTS) is 1. The molecule has 0 radical (unpaired) electrons. The van der Waals surface area contributed by atoms with Crippen molar-refractivity contribution in [3.8, 4) is 23.0 Å². The number of benzene rings is 4. The second-order valence-corrected chi connectivity index (χ2v) is 14.4. The normalized spacial score (nSPS) is 15.7. The molecule has 0 spiro atoms. The predicted octanol–water partition coefficient (Wildman–Crippen LogP) is 7.14. The van der Waals surface area contributed by atoms with Crippen molar-refractivity contribution in [2.75, 3.05) is 24.6 Å². The summed E-state index contributed by atoms with van der Waals surface area (Å²) < 4.78 is 31.8. The molecule has 57 heavy (non-hydrogen) atoms. The Hall–Kier alpha value is -6.32. The molecule has 2 saturated carbocycles. The van der Waals surface area contributed by atoms with Gasteiger partial charge in [-0.2, -0.15) is 0 Å². The third-order valence-corrected chi connectivity index (χ3v) is 10.7. The maximum Gasteiger partial charge on any atom is 0.322 e. The number of hydrogen-bond donors (Lipinski definition) is 3. The van der Waals surface area contributed by atoms with Crippen molar-refractivity contribution < 1.29 is 42.5 Å². The summed E-state index contributed by atoms with van der Waals surface area (Å²) >= 11 is 12.1. The van der Waals surface area contributed by atoms with E-state index in [4.69, 9.17) is 61.8 Å². The first-order valence-electron chi connectivity index (χ1n) is 17.8. The van der Waals surface area contributed by atoms with Crippen LogP contribution in [0.5, 0.6) is 23.0 Å². The van der Waals surface area contributed by atoms with Gasteiger partial charge in [0, 0.05) is 10.0 Å². The minimum atomic E-state index is -0.749. The van der Waals surface area contributed by atoms with E-state index >= 15 is 0 Å². The van der Waals surface area contributed by atoms with E-state index in [0.29, 0.717) is 70.5 Å². The molecule has 2 fully saturated rings. The van der Waals surface area contributed by atoms with E-state index in [-0.39, 0.29) is 31.5 Å². The number of ether oxygens (including phenoxy) is 4. The van der Waals surface area contributed by atoms with Crippen LogP contribution in [-0.2, 0) is 33.3 Å². The molecule has 17 heteroatoms. The molecule has 1 amide bonds. The second kappa shape index (κ2) is 15.7. The van der Waals surface area contributed by atoms with Crippen LogP contribution in [0.15, 0.2) is 93.8 Å². The lowest BCUT2D eigenvalue weighted by Crippen LogP contribution is -2.27. The highest BCUT2D eigenvalue weighted by Crippen LogP contribution is 2.52. The number of rotatable bonds is 9. The number of nitrogens with one attached hydrogen (secondary N) is 1. The van der Waals surface area contributed by atoms with E-state index in [2.05, 4.69) is 25.7 Å². The summed E-state index contributed by atoms with van der Waals surface area (Å²) in [6, 6.07) is 26.1. The summed E-state index contributed by atoms with van der Waals surface area (Å²) in [5, 5.41) is 28.4. The number of hydrogen-bond acceptors (Lipinski definition) is 13. The molecular weight excluding hydrogens is 779 g/mol. The highest BCUT2D eigenvalue weighted by molar-refractivity contribution is 6.31. The van der Waals surface area contributed by atoms with Crippen LogP contribution in [0.1, 0.15) is 59.7 Å². The Morgan fingerprint density at radius 2 is 1.14 bits per heavy atom. The molecule has 2 aliphatic heterocycles. The van der Waals surface area contributed by atoms with Gasteiger partial charge < -0.3 is 38.6 Å². The third-order valence-electron chi connectivity index (χ3n) is 9.96. The monoisotopic (exact) mass is 812 g/mol. The number of carboxylic acids is 1. The summed E-state index contributed by atoms with van der Waals surface area (Å²) in [5.41, 5.74) is 7.57. The lowest BCUT2D eigenvalue weighted by atomic mass is 9.94. The Balaban J connectivity index is 0.000000132. The van der Waals surface area contributed by atoms with Gasteiger partial charge in [0.1, 0.15) is 0 Å². The Bertz CT molecular complexity index is 2450.